The number of piperidine rings is 1. The summed E-state index contributed by atoms with van der Waals surface area (Å²) >= 11 is 0. The first kappa shape index (κ1) is 19.1. The van der Waals surface area contributed by atoms with E-state index in [4.69, 9.17) is 4.74 Å². The molecular weight excluding hydrogens is 362 g/mol. The molecule has 3 aromatic rings. The maximum Gasteiger partial charge on any atom is 0.229 e. The lowest BCUT2D eigenvalue weighted by molar-refractivity contribution is 0.410. The first-order chi connectivity index (χ1) is 14.3. The van der Waals surface area contributed by atoms with Crippen LogP contribution in [0.3, 0.4) is 0 Å². The van der Waals surface area contributed by atoms with Crippen LogP contribution in [0.1, 0.15) is 24.8 Å². The molecule has 0 unspecified atom stereocenters. The minimum absolute atomic E-state index is 0.570. The van der Waals surface area contributed by atoms with Crippen LogP contribution in [0.5, 0.6) is 5.75 Å². The summed E-state index contributed by atoms with van der Waals surface area (Å²) in [5.74, 6) is 2.19. The highest BCUT2D eigenvalue weighted by Gasteiger charge is 2.10. The second-order valence-corrected chi connectivity index (χ2v) is 7.15. The van der Waals surface area contributed by atoms with Crippen LogP contribution >= 0.6 is 0 Å². The van der Waals surface area contributed by atoms with Crippen molar-refractivity contribution in [3.05, 3.63) is 66.4 Å². The summed E-state index contributed by atoms with van der Waals surface area (Å²) in [6.07, 6.45) is 5.65. The Hall–Kier alpha value is -3.28. The van der Waals surface area contributed by atoms with E-state index in [1.807, 2.05) is 30.3 Å². The van der Waals surface area contributed by atoms with Gasteiger partial charge in [-0.1, -0.05) is 18.2 Å². The lowest BCUT2D eigenvalue weighted by atomic mass is 10.1. The number of hydrogen-bond donors (Lipinski definition) is 2. The van der Waals surface area contributed by atoms with Crippen molar-refractivity contribution in [3.63, 3.8) is 0 Å². The first-order valence-corrected chi connectivity index (χ1v) is 10.1. The molecule has 1 aromatic heterocycles. The zero-order valence-corrected chi connectivity index (χ0v) is 16.8. The predicted molar refractivity (Wildman–Crippen MR) is 118 cm³/mol. The van der Waals surface area contributed by atoms with Crippen LogP contribution in [0.15, 0.2) is 60.8 Å². The van der Waals surface area contributed by atoms with Crippen LogP contribution in [-0.2, 0) is 6.54 Å². The molecule has 29 heavy (non-hydrogen) atoms. The van der Waals surface area contributed by atoms with Gasteiger partial charge in [0.1, 0.15) is 11.6 Å². The lowest BCUT2D eigenvalue weighted by Gasteiger charge is -2.28. The molecule has 6 nitrogen and oxygen atoms in total. The maximum absolute atomic E-state index is 5.40. The molecule has 0 atom stereocenters. The fourth-order valence-corrected chi connectivity index (χ4v) is 3.59. The van der Waals surface area contributed by atoms with E-state index in [1.54, 1.807) is 13.3 Å². The number of rotatable bonds is 7. The Kier molecular flexibility index (Phi) is 6.10. The largest absolute Gasteiger partial charge is 0.496 e. The molecule has 2 aromatic carbocycles. The molecule has 1 aliphatic heterocycles. The molecule has 0 radical (unpaired) electrons. The zero-order valence-electron chi connectivity index (χ0n) is 16.8. The molecule has 2 N–H and O–H groups in total. The van der Waals surface area contributed by atoms with Gasteiger partial charge in [0.05, 0.1) is 7.11 Å². The topological polar surface area (TPSA) is 62.3 Å². The Morgan fingerprint density at radius 2 is 1.76 bits per heavy atom. The third-order valence-corrected chi connectivity index (χ3v) is 5.15. The number of ether oxygens (including phenoxy) is 1. The number of nitrogens with zero attached hydrogens (tertiary/aromatic N) is 3. The number of benzene rings is 2. The fourth-order valence-electron chi connectivity index (χ4n) is 3.59. The van der Waals surface area contributed by atoms with Gasteiger partial charge >= 0.3 is 0 Å². The second-order valence-electron chi connectivity index (χ2n) is 7.15. The summed E-state index contributed by atoms with van der Waals surface area (Å²) in [6, 6.07) is 18.3. The average molecular weight is 390 g/mol. The normalized spacial score (nSPS) is 13.8. The van der Waals surface area contributed by atoms with Crippen molar-refractivity contribution in [2.45, 2.75) is 25.8 Å². The van der Waals surface area contributed by atoms with Crippen LogP contribution in [0.2, 0.25) is 0 Å². The van der Waals surface area contributed by atoms with E-state index in [0.29, 0.717) is 12.5 Å². The number of para-hydroxylation sites is 1. The van der Waals surface area contributed by atoms with Crippen molar-refractivity contribution in [2.24, 2.45) is 0 Å². The summed E-state index contributed by atoms with van der Waals surface area (Å²) in [4.78, 5) is 11.4. The van der Waals surface area contributed by atoms with Crippen LogP contribution in [0.4, 0.5) is 23.1 Å². The first-order valence-electron chi connectivity index (χ1n) is 10.1. The summed E-state index contributed by atoms with van der Waals surface area (Å²) in [6.45, 7) is 2.93. The van der Waals surface area contributed by atoms with Gasteiger partial charge in [0.25, 0.3) is 0 Å². The van der Waals surface area contributed by atoms with Gasteiger partial charge in [0.15, 0.2) is 0 Å². The van der Waals surface area contributed by atoms with Crippen molar-refractivity contribution in [1.82, 2.24) is 9.97 Å². The van der Waals surface area contributed by atoms with E-state index in [0.717, 1.165) is 35.9 Å². The molecule has 2 heterocycles. The van der Waals surface area contributed by atoms with Gasteiger partial charge in [-0.2, -0.15) is 4.98 Å². The number of nitrogens with one attached hydrogen (secondary N) is 2. The van der Waals surface area contributed by atoms with E-state index in [1.165, 1.54) is 24.9 Å². The summed E-state index contributed by atoms with van der Waals surface area (Å²) in [7, 11) is 1.68. The molecule has 0 bridgehead atoms. The molecule has 0 aliphatic carbocycles. The van der Waals surface area contributed by atoms with Crippen LogP contribution in [-0.4, -0.2) is 30.2 Å². The van der Waals surface area contributed by atoms with E-state index in [2.05, 4.69) is 49.8 Å². The lowest BCUT2D eigenvalue weighted by Crippen LogP contribution is -2.29. The fraction of sp³-hybridized carbons (Fsp3) is 0.304. The van der Waals surface area contributed by atoms with Gasteiger partial charge in [0.2, 0.25) is 5.95 Å². The number of aromatic nitrogens is 2. The molecule has 0 amide bonds. The van der Waals surface area contributed by atoms with Crippen molar-refractivity contribution >= 4 is 23.1 Å². The Morgan fingerprint density at radius 3 is 2.55 bits per heavy atom. The van der Waals surface area contributed by atoms with Gasteiger partial charge < -0.3 is 20.3 Å². The molecule has 0 spiro atoms. The van der Waals surface area contributed by atoms with Crippen molar-refractivity contribution in [2.75, 3.05) is 35.7 Å². The minimum Gasteiger partial charge on any atom is -0.496 e. The average Bonchev–Trinajstić information content (AvgIpc) is 2.79. The van der Waals surface area contributed by atoms with Gasteiger partial charge in [0, 0.05) is 42.8 Å². The molecular formula is C23H27N5O. The minimum atomic E-state index is 0.570. The van der Waals surface area contributed by atoms with Gasteiger partial charge in [-0.25, -0.2) is 4.98 Å². The van der Waals surface area contributed by atoms with E-state index < -0.39 is 0 Å². The smallest absolute Gasteiger partial charge is 0.229 e. The second kappa shape index (κ2) is 9.28. The van der Waals surface area contributed by atoms with Gasteiger partial charge in [-0.05, 0) is 55.7 Å². The highest BCUT2D eigenvalue weighted by molar-refractivity contribution is 5.60. The van der Waals surface area contributed by atoms with E-state index >= 15 is 0 Å². The third-order valence-electron chi connectivity index (χ3n) is 5.15. The third kappa shape index (κ3) is 4.96. The van der Waals surface area contributed by atoms with Crippen molar-refractivity contribution < 1.29 is 4.74 Å². The van der Waals surface area contributed by atoms with Gasteiger partial charge in [-0.3, -0.25) is 0 Å². The highest BCUT2D eigenvalue weighted by Crippen LogP contribution is 2.23. The van der Waals surface area contributed by atoms with E-state index in [9.17, 15) is 0 Å². The monoisotopic (exact) mass is 389 g/mol. The molecule has 150 valence electrons. The highest BCUT2D eigenvalue weighted by atomic mass is 16.5. The molecule has 1 aliphatic rings. The Labute approximate surface area is 172 Å². The van der Waals surface area contributed by atoms with Crippen LogP contribution in [0, 0.1) is 0 Å². The summed E-state index contributed by atoms with van der Waals surface area (Å²) in [5.41, 5.74) is 3.34. The molecule has 0 saturated carbocycles. The quantitative estimate of drug-likeness (QED) is 0.603. The number of anilines is 4. The SMILES string of the molecule is COc1ccccc1CNc1ccnc(Nc2ccc(N3CCCCC3)cc2)n1. The summed E-state index contributed by atoms with van der Waals surface area (Å²) < 4.78 is 5.40. The van der Waals surface area contributed by atoms with Crippen molar-refractivity contribution in [1.29, 1.82) is 0 Å². The number of methoxy groups -OCH3 is 1. The van der Waals surface area contributed by atoms with Crippen molar-refractivity contribution in [3.8, 4) is 5.75 Å². The van der Waals surface area contributed by atoms with Gasteiger partial charge in [-0.15, -0.1) is 0 Å². The molecule has 4 rings (SSSR count). The Balaban J connectivity index is 1.38. The number of hydrogen-bond acceptors (Lipinski definition) is 6. The zero-order chi connectivity index (χ0) is 19.9. The van der Waals surface area contributed by atoms with Crippen LogP contribution < -0.4 is 20.3 Å². The molecule has 1 fully saturated rings. The standard InChI is InChI=1S/C23H27N5O/c1-29-21-8-4-3-7-18(21)17-25-22-13-14-24-23(27-22)26-19-9-11-20(12-10-19)28-15-5-2-6-16-28/h3-4,7-14H,2,5-6,15-17H2,1H3,(H2,24,25,26,27). The van der Waals surface area contributed by atoms with Crippen LogP contribution in [0.25, 0.3) is 0 Å². The molecule has 6 heteroatoms. The molecule has 1 saturated heterocycles. The summed E-state index contributed by atoms with van der Waals surface area (Å²) in [5, 5.41) is 6.63. The Morgan fingerprint density at radius 1 is 0.966 bits per heavy atom. The van der Waals surface area contributed by atoms with E-state index in [-0.39, 0.29) is 0 Å². The maximum atomic E-state index is 5.40. The predicted octanol–water partition coefficient (Wildman–Crippen LogP) is 4.83. The Bertz CT molecular complexity index is 923.